The van der Waals surface area contributed by atoms with Crippen LogP contribution in [0.3, 0.4) is 0 Å². The van der Waals surface area contributed by atoms with E-state index in [4.69, 9.17) is 42.6 Å². The molecule has 0 saturated carbocycles. The lowest BCUT2D eigenvalue weighted by molar-refractivity contribution is -0.293. The van der Waals surface area contributed by atoms with Crippen LogP contribution in [0.2, 0.25) is 0 Å². The fourth-order valence-electron chi connectivity index (χ4n) is 9.02. The van der Waals surface area contributed by atoms with E-state index in [-0.39, 0.29) is 133 Å². The molecule has 0 aliphatic carbocycles. The van der Waals surface area contributed by atoms with Gasteiger partial charge in [0.05, 0.1) is 63.5 Å². The van der Waals surface area contributed by atoms with Crippen molar-refractivity contribution < 1.29 is 117 Å². The lowest BCUT2D eigenvalue weighted by Gasteiger charge is -2.38. The van der Waals surface area contributed by atoms with Crippen molar-refractivity contribution in [2.45, 2.75) is 215 Å². The summed E-state index contributed by atoms with van der Waals surface area (Å²) >= 11 is 0. The summed E-state index contributed by atoms with van der Waals surface area (Å²) < 4.78 is 50.5. The van der Waals surface area contributed by atoms with Crippen molar-refractivity contribution in [1.82, 2.24) is 37.2 Å². The Bertz CT molecular complexity index is 1750. The summed E-state index contributed by atoms with van der Waals surface area (Å²) in [6, 6.07) is 0. The van der Waals surface area contributed by atoms with Crippen LogP contribution >= 0.6 is 0 Å². The van der Waals surface area contributed by atoms with Gasteiger partial charge in [0, 0.05) is 97.6 Å². The fourth-order valence-corrected chi connectivity index (χ4v) is 9.02. The lowest BCUT2D eigenvalue weighted by Crippen LogP contribution is -2.57. The molecular weight excluding hydrogens is 1150 g/mol. The van der Waals surface area contributed by atoms with Crippen molar-refractivity contribution in [2.75, 3.05) is 106 Å². The molecule has 3 saturated heterocycles. The molecule has 87 heavy (non-hydrogen) atoms. The van der Waals surface area contributed by atoms with Crippen LogP contribution in [-0.2, 0) is 71.4 Å². The predicted octanol–water partition coefficient (Wildman–Crippen LogP) is -4.92. The molecule has 0 aromatic heterocycles. The van der Waals surface area contributed by atoms with Crippen molar-refractivity contribution in [1.29, 1.82) is 0 Å². The van der Waals surface area contributed by atoms with Gasteiger partial charge in [-0.05, 0) is 85.6 Å². The summed E-state index contributed by atoms with van der Waals surface area (Å²) in [6.45, 7) is 7.34. The van der Waals surface area contributed by atoms with E-state index in [1.54, 1.807) is 27.8 Å². The lowest BCUT2D eigenvalue weighted by atomic mass is 10.0. The van der Waals surface area contributed by atoms with Gasteiger partial charge in [0.2, 0.25) is 35.4 Å². The predicted molar refractivity (Wildman–Crippen MR) is 306 cm³/mol. The molecule has 0 aromatic carbocycles. The van der Waals surface area contributed by atoms with Crippen molar-refractivity contribution in [3.05, 3.63) is 0 Å². The second-order valence-corrected chi connectivity index (χ2v) is 22.1. The molecule has 3 aliphatic heterocycles. The zero-order valence-corrected chi connectivity index (χ0v) is 51.0. The number of amides is 6. The summed E-state index contributed by atoms with van der Waals surface area (Å²) in [6.07, 6.45) is -12.3. The van der Waals surface area contributed by atoms with E-state index in [1.807, 2.05) is 0 Å². The summed E-state index contributed by atoms with van der Waals surface area (Å²) in [5.74, 6) is -1.34. The highest BCUT2D eigenvalue weighted by molar-refractivity contribution is 5.78. The van der Waals surface area contributed by atoms with Crippen molar-refractivity contribution in [2.24, 2.45) is 0 Å². The molecule has 0 spiro atoms. The second-order valence-electron chi connectivity index (χ2n) is 22.1. The number of likely N-dealkylation sites (N-methyl/N-ethyl adjacent to an activating group) is 1. The number of aliphatic hydroxyl groups is 9. The number of carbonyl (C=O) groups is 6. The number of unbranched alkanes of at least 4 members (excludes halogenated alkanes) is 3. The van der Waals surface area contributed by atoms with Gasteiger partial charge in [0.15, 0.2) is 18.9 Å². The van der Waals surface area contributed by atoms with Gasteiger partial charge in [-0.25, -0.2) is 0 Å². The molecular formula is C56H103N7O24. The Morgan fingerprint density at radius 3 is 0.816 bits per heavy atom. The number of aliphatic hydroxyl groups excluding tert-OH is 9. The maximum atomic E-state index is 12.6. The molecule has 3 rings (SSSR count). The Kier molecular flexibility index (Phi) is 38.8. The maximum absolute atomic E-state index is 12.6. The largest absolute Gasteiger partial charge is 0.388 e. The standard InChI is InChI=1S/C56H103N7O24/c1-35-44(70)47(73)50(76)53(85-35)82-26-8-5-14-38(64)58-20-11-23-61-41(67)17-29-79-32-56(57-4,33-80-30-18-42(68)62-24-12-21-59-39(65)15-6-9-27-83-54-51(77)48(74)45(71)36(2)86-54)34-81-31-19-43(69)63-25-13-22-60-40(66)16-7-10-28-84-55-52(78)49(75)46(72)37(3)87-55/h35-37,44-55,57,70-78H,5-34H2,1-4H3,(H,58,64)(H,59,65)(H,60,66)(H,61,67)(H,62,68)(H,63,69). The smallest absolute Gasteiger partial charge is 0.222 e. The summed E-state index contributed by atoms with van der Waals surface area (Å²) in [5.41, 5.74) is -0.956. The Balaban J connectivity index is 1.31. The second kappa shape index (κ2) is 43.7. The average molecular weight is 1260 g/mol. The number of rotatable bonds is 46. The Morgan fingerprint density at radius 1 is 0.333 bits per heavy atom. The van der Waals surface area contributed by atoms with Crippen molar-refractivity contribution in [3.63, 3.8) is 0 Å². The van der Waals surface area contributed by atoms with E-state index in [2.05, 4.69) is 37.2 Å². The molecule has 0 aromatic rings. The van der Waals surface area contributed by atoms with Gasteiger partial charge in [0.25, 0.3) is 0 Å². The van der Waals surface area contributed by atoms with Crippen LogP contribution in [0.5, 0.6) is 0 Å². The minimum absolute atomic E-state index is 0.0282. The van der Waals surface area contributed by atoms with Crippen LogP contribution in [-0.4, -0.2) is 285 Å². The normalized spacial score (nSPS) is 28.0. The fraction of sp³-hybridized carbons (Fsp3) is 0.893. The van der Waals surface area contributed by atoms with E-state index in [9.17, 15) is 74.7 Å². The van der Waals surface area contributed by atoms with Gasteiger partial charge in [0.1, 0.15) is 54.9 Å². The Morgan fingerprint density at radius 2 is 0.575 bits per heavy atom. The molecule has 3 fully saturated rings. The molecule has 15 unspecified atom stereocenters. The molecule has 6 amide bonds. The van der Waals surface area contributed by atoms with Gasteiger partial charge < -0.3 is 126 Å². The molecule has 31 nitrogen and oxygen atoms in total. The molecule has 506 valence electrons. The van der Waals surface area contributed by atoms with Crippen LogP contribution in [0.25, 0.3) is 0 Å². The van der Waals surface area contributed by atoms with Gasteiger partial charge >= 0.3 is 0 Å². The molecule has 3 aliphatic rings. The van der Waals surface area contributed by atoms with E-state index in [0.29, 0.717) is 97.1 Å². The van der Waals surface area contributed by atoms with Gasteiger partial charge in [-0.3, -0.25) is 28.8 Å². The third kappa shape index (κ3) is 30.6. The first-order valence-corrected chi connectivity index (χ1v) is 30.6. The van der Waals surface area contributed by atoms with E-state index in [1.165, 1.54) is 0 Å². The van der Waals surface area contributed by atoms with Crippen LogP contribution < -0.4 is 37.2 Å². The van der Waals surface area contributed by atoms with Gasteiger partial charge in [-0.15, -0.1) is 0 Å². The number of hydrogen-bond acceptors (Lipinski definition) is 25. The van der Waals surface area contributed by atoms with E-state index >= 15 is 0 Å². The average Bonchev–Trinajstić information content (AvgIpc) is 2.15. The summed E-state index contributed by atoms with van der Waals surface area (Å²) in [4.78, 5) is 74.9. The highest BCUT2D eigenvalue weighted by Crippen LogP contribution is 2.25. The zero-order chi connectivity index (χ0) is 64.2. The van der Waals surface area contributed by atoms with Crippen molar-refractivity contribution >= 4 is 35.4 Å². The monoisotopic (exact) mass is 1260 g/mol. The highest BCUT2D eigenvalue weighted by atomic mass is 16.7. The molecule has 0 radical (unpaired) electrons. The van der Waals surface area contributed by atoms with Crippen molar-refractivity contribution in [3.8, 4) is 0 Å². The maximum Gasteiger partial charge on any atom is 0.222 e. The quantitative estimate of drug-likeness (QED) is 0.0254. The Hall–Kier alpha value is -3.94. The van der Waals surface area contributed by atoms with E-state index < -0.39 is 97.7 Å². The zero-order valence-electron chi connectivity index (χ0n) is 51.0. The molecule has 3 heterocycles. The molecule has 31 heteroatoms. The third-order valence-electron chi connectivity index (χ3n) is 14.7. The first kappa shape index (κ1) is 77.3. The molecule has 0 bridgehead atoms. The third-order valence-corrected chi connectivity index (χ3v) is 14.7. The number of ether oxygens (including phenoxy) is 9. The topological polar surface area (TPSA) is 452 Å². The summed E-state index contributed by atoms with van der Waals surface area (Å²) in [5, 5.41) is 109. The minimum atomic E-state index is -1.40. The Labute approximate surface area is 509 Å². The SMILES string of the molecule is CNC(COCCC(=O)NCCCNC(=O)CCCCOC1OC(C)C(O)C(O)C1O)(COCCC(=O)NCCCNC(=O)CCCCOC1OC(C)C(O)C(O)C1O)COCCC(=O)NCCCNC(=O)CCCCOC1OC(C)C(O)C(O)C1O. The van der Waals surface area contributed by atoms with E-state index in [0.717, 1.165) is 0 Å². The van der Waals surface area contributed by atoms with Crippen LogP contribution in [0.1, 0.15) is 117 Å². The van der Waals surface area contributed by atoms with Gasteiger partial charge in [-0.1, -0.05) is 0 Å². The van der Waals surface area contributed by atoms with Crippen LogP contribution in [0, 0.1) is 0 Å². The first-order valence-electron chi connectivity index (χ1n) is 30.6. The number of hydrogen-bond donors (Lipinski definition) is 16. The number of nitrogens with one attached hydrogen (secondary N) is 7. The minimum Gasteiger partial charge on any atom is -0.388 e. The highest BCUT2D eigenvalue weighted by Gasteiger charge is 2.44. The molecule has 15 atom stereocenters. The first-order chi connectivity index (χ1) is 41.6. The van der Waals surface area contributed by atoms with Crippen LogP contribution in [0.4, 0.5) is 0 Å². The van der Waals surface area contributed by atoms with Gasteiger partial charge in [-0.2, -0.15) is 0 Å². The van der Waals surface area contributed by atoms with Crippen LogP contribution in [0.15, 0.2) is 0 Å². The number of carbonyl (C=O) groups excluding carboxylic acids is 6. The molecule has 16 N–H and O–H groups in total. The summed E-state index contributed by atoms with van der Waals surface area (Å²) in [7, 11) is 1.68.